The third kappa shape index (κ3) is 3.27. The van der Waals surface area contributed by atoms with Gasteiger partial charge in [0.1, 0.15) is 5.75 Å². The largest absolute Gasteiger partial charge is 0.453 e. The maximum Gasteiger partial charge on any atom is 0.240 e. The van der Waals surface area contributed by atoms with E-state index in [1.165, 1.54) is 31.4 Å². The van der Waals surface area contributed by atoms with Crippen molar-refractivity contribution in [3.8, 4) is 11.5 Å². The van der Waals surface area contributed by atoms with Crippen LogP contribution in [0.25, 0.3) is 0 Å². The molecule has 0 unspecified atom stereocenters. The standard InChI is InChI=1S/C12H12BrN3O3S/c1-15-20(17,18)10-2-3-11(14)12(5-10)19-9-4-8(13)6-16-7-9/h2-7,15H,14H2,1H3. The minimum Gasteiger partial charge on any atom is -0.453 e. The number of pyridine rings is 1. The highest BCUT2D eigenvalue weighted by atomic mass is 79.9. The summed E-state index contributed by atoms with van der Waals surface area (Å²) in [5.41, 5.74) is 6.12. The summed E-state index contributed by atoms with van der Waals surface area (Å²) < 4.78 is 32.0. The summed E-state index contributed by atoms with van der Waals surface area (Å²) >= 11 is 3.27. The molecule has 0 aliphatic carbocycles. The van der Waals surface area contributed by atoms with Crippen molar-refractivity contribution in [1.29, 1.82) is 0 Å². The average molecular weight is 358 g/mol. The highest BCUT2D eigenvalue weighted by Gasteiger charge is 2.14. The number of nitrogen functional groups attached to an aromatic ring is 1. The Bertz CT molecular complexity index is 734. The molecule has 0 saturated carbocycles. The predicted octanol–water partition coefficient (Wildman–Crippen LogP) is 2.13. The molecule has 1 heterocycles. The number of halogens is 1. The van der Waals surface area contributed by atoms with Crippen LogP contribution in [0.3, 0.4) is 0 Å². The lowest BCUT2D eigenvalue weighted by Gasteiger charge is -2.10. The van der Waals surface area contributed by atoms with Crippen molar-refractivity contribution < 1.29 is 13.2 Å². The number of nitrogens with zero attached hydrogens (tertiary/aromatic N) is 1. The Morgan fingerprint density at radius 2 is 2.05 bits per heavy atom. The zero-order chi connectivity index (χ0) is 14.8. The molecule has 1 aromatic carbocycles. The Morgan fingerprint density at radius 3 is 2.70 bits per heavy atom. The van der Waals surface area contributed by atoms with E-state index in [9.17, 15) is 8.42 Å². The number of hydrogen-bond acceptors (Lipinski definition) is 5. The Balaban J connectivity index is 2.39. The van der Waals surface area contributed by atoms with Crippen LogP contribution in [0.15, 0.2) is 46.0 Å². The zero-order valence-electron chi connectivity index (χ0n) is 10.5. The van der Waals surface area contributed by atoms with Gasteiger partial charge in [-0.15, -0.1) is 0 Å². The van der Waals surface area contributed by atoms with Crippen molar-refractivity contribution in [3.05, 3.63) is 41.1 Å². The quantitative estimate of drug-likeness (QED) is 0.817. The molecule has 0 saturated heterocycles. The highest BCUT2D eigenvalue weighted by Crippen LogP contribution is 2.30. The first-order valence-corrected chi connectivity index (χ1v) is 7.81. The van der Waals surface area contributed by atoms with Crippen LogP contribution >= 0.6 is 15.9 Å². The topological polar surface area (TPSA) is 94.3 Å². The van der Waals surface area contributed by atoms with Crippen molar-refractivity contribution in [2.24, 2.45) is 0 Å². The zero-order valence-corrected chi connectivity index (χ0v) is 12.9. The molecule has 2 aromatic rings. The summed E-state index contributed by atoms with van der Waals surface area (Å²) in [4.78, 5) is 4.03. The van der Waals surface area contributed by atoms with Crippen LogP contribution in [0.1, 0.15) is 0 Å². The van der Waals surface area contributed by atoms with Crippen LogP contribution in [-0.4, -0.2) is 20.4 Å². The average Bonchev–Trinajstić information content (AvgIpc) is 2.41. The Morgan fingerprint density at radius 1 is 1.30 bits per heavy atom. The lowest BCUT2D eigenvalue weighted by atomic mass is 10.3. The van der Waals surface area contributed by atoms with Crippen molar-refractivity contribution in [2.45, 2.75) is 4.90 Å². The molecule has 0 amide bonds. The SMILES string of the molecule is CNS(=O)(=O)c1ccc(N)c(Oc2cncc(Br)c2)c1. The summed E-state index contributed by atoms with van der Waals surface area (Å²) in [6.07, 6.45) is 3.11. The first-order chi connectivity index (χ1) is 9.42. The number of sulfonamides is 1. The van der Waals surface area contributed by atoms with E-state index in [0.717, 1.165) is 4.47 Å². The molecule has 8 heteroatoms. The second kappa shape index (κ2) is 5.78. The second-order valence-corrected chi connectivity index (χ2v) is 6.65. The molecular weight excluding hydrogens is 346 g/mol. The van der Waals surface area contributed by atoms with Gasteiger partial charge in [-0.1, -0.05) is 0 Å². The van der Waals surface area contributed by atoms with E-state index >= 15 is 0 Å². The van der Waals surface area contributed by atoms with Crippen LogP contribution < -0.4 is 15.2 Å². The van der Waals surface area contributed by atoms with Crippen LogP contribution in [0.2, 0.25) is 0 Å². The van der Waals surface area contributed by atoms with Gasteiger partial charge in [-0.2, -0.15) is 0 Å². The summed E-state index contributed by atoms with van der Waals surface area (Å²) in [6.45, 7) is 0. The van der Waals surface area contributed by atoms with E-state index in [1.54, 1.807) is 12.3 Å². The van der Waals surface area contributed by atoms with Crippen molar-refractivity contribution >= 4 is 31.6 Å². The second-order valence-electron chi connectivity index (χ2n) is 3.85. The maximum atomic E-state index is 11.7. The Labute approximate surface area is 125 Å². The highest BCUT2D eigenvalue weighted by molar-refractivity contribution is 9.10. The molecular formula is C12H12BrN3O3S. The number of benzene rings is 1. The molecule has 0 spiro atoms. The molecule has 106 valence electrons. The summed E-state index contributed by atoms with van der Waals surface area (Å²) in [6, 6.07) is 5.95. The van der Waals surface area contributed by atoms with Crippen LogP contribution in [-0.2, 0) is 10.0 Å². The molecule has 0 aliphatic rings. The van der Waals surface area contributed by atoms with Gasteiger partial charge in [-0.05, 0) is 41.2 Å². The number of rotatable bonds is 4. The van der Waals surface area contributed by atoms with E-state index in [0.29, 0.717) is 11.4 Å². The molecule has 6 nitrogen and oxygen atoms in total. The number of hydrogen-bond donors (Lipinski definition) is 2. The fraction of sp³-hybridized carbons (Fsp3) is 0.0833. The van der Waals surface area contributed by atoms with Gasteiger partial charge in [0.05, 0.1) is 16.8 Å². The fourth-order valence-corrected chi connectivity index (χ4v) is 2.55. The minimum atomic E-state index is -3.55. The third-order valence-corrected chi connectivity index (χ3v) is 4.32. The fourth-order valence-electron chi connectivity index (χ4n) is 1.46. The number of aromatic nitrogens is 1. The van der Waals surface area contributed by atoms with E-state index in [4.69, 9.17) is 10.5 Å². The summed E-state index contributed by atoms with van der Waals surface area (Å²) in [5.74, 6) is 0.700. The molecule has 0 fully saturated rings. The lowest BCUT2D eigenvalue weighted by molar-refractivity contribution is 0.480. The molecule has 3 N–H and O–H groups in total. The van der Waals surface area contributed by atoms with Crippen LogP contribution in [0.5, 0.6) is 11.5 Å². The molecule has 0 radical (unpaired) electrons. The first kappa shape index (κ1) is 14.8. The lowest BCUT2D eigenvalue weighted by Crippen LogP contribution is -2.18. The summed E-state index contributed by atoms with van der Waals surface area (Å²) in [5, 5.41) is 0. The molecule has 0 aliphatic heterocycles. The molecule has 2 rings (SSSR count). The molecule has 20 heavy (non-hydrogen) atoms. The van der Waals surface area contributed by atoms with Gasteiger partial charge < -0.3 is 10.5 Å². The molecule has 1 aromatic heterocycles. The van der Waals surface area contributed by atoms with E-state index < -0.39 is 10.0 Å². The van der Waals surface area contributed by atoms with Crippen molar-refractivity contribution in [2.75, 3.05) is 12.8 Å². The Kier molecular flexibility index (Phi) is 4.26. The normalized spacial score (nSPS) is 11.3. The van der Waals surface area contributed by atoms with Gasteiger partial charge in [0.2, 0.25) is 10.0 Å². The van der Waals surface area contributed by atoms with E-state index in [2.05, 4.69) is 25.6 Å². The summed E-state index contributed by atoms with van der Waals surface area (Å²) in [7, 11) is -2.21. The van der Waals surface area contributed by atoms with Gasteiger partial charge in [0.15, 0.2) is 5.75 Å². The maximum absolute atomic E-state index is 11.7. The third-order valence-electron chi connectivity index (χ3n) is 2.47. The molecule has 0 bridgehead atoms. The van der Waals surface area contributed by atoms with Gasteiger partial charge in [-0.3, -0.25) is 4.98 Å². The van der Waals surface area contributed by atoms with Crippen LogP contribution in [0.4, 0.5) is 5.69 Å². The number of nitrogens with two attached hydrogens (primary N) is 1. The molecule has 0 atom stereocenters. The number of anilines is 1. The van der Waals surface area contributed by atoms with E-state index in [-0.39, 0.29) is 10.6 Å². The predicted molar refractivity (Wildman–Crippen MR) is 79.1 cm³/mol. The number of ether oxygens (including phenoxy) is 1. The van der Waals surface area contributed by atoms with Crippen LogP contribution in [0, 0.1) is 0 Å². The smallest absolute Gasteiger partial charge is 0.240 e. The van der Waals surface area contributed by atoms with Gasteiger partial charge >= 0.3 is 0 Å². The van der Waals surface area contributed by atoms with Gasteiger partial charge in [0, 0.05) is 16.7 Å². The monoisotopic (exact) mass is 357 g/mol. The van der Waals surface area contributed by atoms with Crippen molar-refractivity contribution in [3.63, 3.8) is 0 Å². The number of nitrogens with one attached hydrogen (secondary N) is 1. The van der Waals surface area contributed by atoms with Gasteiger partial charge in [-0.25, -0.2) is 13.1 Å². The van der Waals surface area contributed by atoms with E-state index in [1.807, 2.05) is 0 Å². The first-order valence-electron chi connectivity index (χ1n) is 5.54. The Hall–Kier alpha value is -1.64. The van der Waals surface area contributed by atoms with Crippen molar-refractivity contribution in [1.82, 2.24) is 9.71 Å². The van der Waals surface area contributed by atoms with Gasteiger partial charge in [0.25, 0.3) is 0 Å². The minimum absolute atomic E-state index is 0.0761.